The zero-order chi connectivity index (χ0) is 19.5. The lowest BCUT2D eigenvalue weighted by Gasteiger charge is -2.12. The van der Waals surface area contributed by atoms with Crippen LogP contribution in [0.25, 0.3) is 16.7 Å². The van der Waals surface area contributed by atoms with E-state index in [1.54, 1.807) is 22.5 Å². The normalized spacial score (nSPS) is 11.2. The molecule has 0 saturated heterocycles. The Morgan fingerprint density at radius 2 is 1.96 bits per heavy atom. The van der Waals surface area contributed by atoms with Gasteiger partial charge in [0.25, 0.3) is 5.56 Å². The predicted molar refractivity (Wildman–Crippen MR) is 112 cm³/mol. The number of nitrogens with zero attached hydrogens (tertiary/aromatic N) is 5. The minimum absolute atomic E-state index is 0.0864. The van der Waals surface area contributed by atoms with Gasteiger partial charge in [-0.15, -0.1) is 0 Å². The van der Waals surface area contributed by atoms with E-state index in [1.165, 1.54) is 5.56 Å². The predicted octanol–water partition coefficient (Wildman–Crippen LogP) is 3.55. The highest BCUT2D eigenvalue weighted by Crippen LogP contribution is 2.22. The summed E-state index contributed by atoms with van der Waals surface area (Å²) < 4.78 is 3.44. The third-order valence-corrected chi connectivity index (χ3v) is 5.49. The van der Waals surface area contributed by atoms with Crippen LogP contribution in [0.5, 0.6) is 0 Å². The van der Waals surface area contributed by atoms with E-state index in [9.17, 15) is 4.79 Å². The molecule has 4 aromatic rings. The second-order valence-electron chi connectivity index (χ2n) is 6.72. The summed E-state index contributed by atoms with van der Waals surface area (Å²) in [5.41, 5.74) is 2.89. The summed E-state index contributed by atoms with van der Waals surface area (Å²) in [6.07, 6.45) is 7.62. The van der Waals surface area contributed by atoms with Crippen LogP contribution in [0.1, 0.15) is 17.5 Å². The number of para-hydroxylation sites is 1. The van der Waals surface area contributed by atoms with Gasteiger partial charge in [-0.05, 0) is 49.1 Å². The Balaban J connectivity index is 1.64. The van der Waals surface area contributed by atoms with Crippen molar-refractivity contribution in [1.82, 2.24) is 24.3 Å². The standard InChI is InChI=1S/C21H21N5OS/c1-15-9-10-19(22-12-15)26-20(27)17-7-3-4-8-18(17)24-21(26)28-11-5-6-16-13-23-25(2)14-16/h3-4,7-10,12-14H,5-6,11H2,1-2H3. The second kappa shape index (κ2) is 7.98. The average molecular weight is 392 g/mol. The van der Waals surface area contributed by atoms with Crippen LogP contribution >= 0.6 is 11.8 Å². The minimum atomic E-state index is -0.0864. The largest absolute Gasteiger partial charge is 0.276 e. The maximum Gasteiger partial charge on any atom is 0.267 e. The molecule has 28 heavy (non-hydrogen) atoms. The zero-order valence-electron chi connectivity index (χ0n) is 15.9. The van der Waals surface area contributed by atoms with Crippen LogP contribution < -0.4 is 5.56 Å². The van der Waals surface area contributed by atoms with Gasteiger partial charge >= 0.3 is 0 Å². The molecule has 1 aromatic carbocycles. The molecule has 0 fully saturated rings. The molecule has 0 N–H and O–H groups in total. The SMILES string of the molecule is Cc1ccc(-n2c(SCCCc3cnn(C)c3)nc3ccccc3c2=O)nc1. The summed E-state index contributed by atoms with van der Waals surface area (Å²) >= 11 is 1.59. The van der Waals surface area contributed by atoms with Gasteiger partial charge in [0.1, 0.15) is 5.82 Å². The highest BCUT2D eigenvalue weighted by Gasteiger charge is 2.14. The Morgan fingerprint density at radius 3 is 2.71 bits per heavy atom. The second-order valence-corrected chi connectivity index (χ2v) is 7.78. The van der Waals surface area contributed by atoms with E-state index in [4.69, 9.17) is 4.98 Å². The number of pyridine rings is 1. The van der Waals surface area contributed by atoms with E-state index < -0.39 is 0 Å². The van der Waals surface area contributed by atoms with Gasteiger partial charge in [-0.3, -0.25) is 9.48 Å². The summed E-state index contributed by atoms with van der Waals surface area (Å²) in [6.45, 7) is 1.98. The van der Waals surface area contributed by atoms with E-state index in [-0.39, 0.29) is 5.56 Å². The lowest BCUT2D eigenvalue weighted by Crippen LogP contribution is -2.22. The highest BCUT2D eigenvalue weighted by molar-refractivity contribution is 7.99. The van der Waals surface area contributed by atoms with Gasteiger partial charge in [0.15, 0.2) is 5.16 Å². The molecule has 0 saturated carbocycles. The van der Waals surface area contributed by atoms with Crippen molar-refractivity contribution in [1.29, 1.82) is 0 Å². The molecule has 7 heteroatoms. The minimum Gasteiger partial charge on any atom is -0.276 e. The molecule has 0 bridgehead atoms. The van der Waals surface area contributed by atoms with Gasteiger partial charge < -0.3 is 0 Å². The first-order valence-corrected chi connectivity index (χ1v) is 10.2. The average Bonchev–Trinajstić information content (AvgIpc) is 3.12. The third-order valence-electron chi connectivity index (χ3n) is 4.47. The van der Waals surface area contributed by atoms with E-state index in [0.29, 0.717) is 21.9 Å². The fourth-order valence-corrected chi connectivity index (χ4v) is 3.98. The van der Waals surface area contributed by atoms with Crippen LogP contribution in [-0.4, -0.2) is 30.1 Å². The van der Waals surface area contributed by atoms with Crippen LogP contribution in [0.2, 0.25) is 0 Å². The molecule has 0 aliphatic rings. The molecular formula is C21H21N5OS. The summed E-state index contributed by atoms with van der Waals surface area (Å²) in [5, 5.41) is 5.48. The van der Waals surface area contributed by atoms with Crippen molar-refractivity contribution < 1.29 is 0 Å². The Labute approximate surface area is 167 Å². The quantitative estimate of drug-likeness (QED) is 0.286. The molecular weight excluding hydrogens is 370 g/mol. The van der Waals surface area contributed by atoms with Crippen molar-refractivity contribution in [2.45, 2.75) is 24.9 Å². The maximum atomic E-state index is 13.2. The Hall–Kier alpha value is -2.93. The molecule has 3 aromatic heterocycles. The molecule has 0 unspecified atom stereocenters. The molecule has 0 radical (unpaired) electrons. The molecule has 0 aliphatic heterocycles. The van der Waals surface area contributed by atoms with Crippen molar-refractivity contribution in [2.75, 3.05) is 5.75 Å². The number of hydrogen-bond donors (Lipinski definition) is 0. The number of benzene rings is 1. The van der Waals surface area contributed by atoms with E-state index >= 15 is 0 Å². The zero-order valence-corrected chi connectivity index (χ0v) is 16.7. The van der Waals surface area contributed by atoms with E-state index in [2.05, 4.69) is 10.1 Å². The monoisotopic (exact) mass is 391 g/mol. The van der Waals surface area contributed by atoms with Crippen LogP contribution in [0, 0.1) is 6.92 Å². The lowest BCUT2D eigenvalue weighted by molar-refractivity contribution is 0.766. The fraction of sp³-hybridized carbons (Fsp3) is 0.238. The summed E-state index contributed by atoms with van der Waals surface area (Å²) in [5.74, 6) is 1.45. The third kappa shape index (κ3) is 3.84. The van der Waals surface area contributed by atoms with Gasteiger partial charge in [0.05, 0.1) is 17.1 Å². The Bertz CT molecular complexity index is 1160. The maximum absolute atomic E-state index is 13.2. The Kier molecular flexibility index (Phi) is 5.25. The molecule has 0 spiro atoms. The van der Waals surface area contributed by atoms with Crippen LogP contribution in [0.15, 0.2) is 64.9 Å². The highest BCUT2D eigenvalue weighted by atomic mass is 32.2. The fourth-order valence-electron chi connectivity index (χ4n) is 3.04. The van der Waals surface area contributed by atoms with Crippen molar-refractivity contribution in [2.24, 2.45) is 7.05 Å². The number of aromatic nitrogens is 5. The molecule has 3 heterocycles. The topological polar surface area (TPSA) is 65.6 Å². The lowest BCUT2D eigenvalue weighted by atomic mass is 10.2. The van der Waals surface area contributed by atoms with Crippen LogP contribution in [-0.2, 0) is 13.5 Å². The molecule has 0 aliphatic carbocycles. The number of hydrogen-bond acceptors (Lipinski definition) is 5. The van der Waals surface area contributed by atoms with Gasteiger partial charge in [0, 0.05) is 25.2 Å². The van der Waals surface area contributed by atoms with Gasteiger partial charge in [-0.25, -0.2) is 14.5 Å². The van der Waals surface area contributed by atoms with Crippen molar-refractivity contribution in [3.63, 3.8) is 0 Å². The number of thioether (sulfide) groups is 1. The number of aryl methyl sites for hydroxylation is 3. The first-order chi connectivity index (χ1) is 13.6. The Morgan fingerprint density at radius 1 is 1.11 bits per heavy atom. The molecule has 4 rings (SSSR count). The molecule has 142 valence electrons. The molecule has 0 amide bonds. The van der Waals surface area contributed by atoms with Crippen LogP contribution in [0.3, 0.4) is 0 Å². The summed E-state index contributed by atoms with van der Waals surface area (Å²) in [7, 11) is 1.92. The van der Waals surface area contributed by atoms with E-state index in [0.717, 1.165) is 24.2 Å². The first-order valence-electron chi connectivity index (χ1n) is 9.17. The molecule has 6 nitrogen and oxygen atoms in total. The van der Waals surface area contributed by atoms with Crippen molar-refractivity contribution in [3.05, 3.63) is 76.5 Å². The summed E-state index contributed by atoms with van der Waals surface area (Å²) in [6, 6.07) is 11.3. The van der Waals surface area contributed by atoms with E-state index in [1.807, 2.05) is 67.4 Å². The summed E-state index contributed by atoms with van der Waals surface area (Å²) in [4.78, 5) is 22.4. The smallest absolute Gasteiger partial charge is 0.267 e. The van der Waals surface area contributed by atoms with Crippen molar-refractivity contribution in [3.8, 4) is 5.82 Å². The van der Waals surface area contributed by atoms with Gasteiger partial charge in [0.2, 0.25) is 0 Å². The first kappa shape index (κ1) is 18.4. The van der Waals surface area contributed by atoms with Crippen LogP contribution in [0.4, 0.5) is 0 Å². The van der Waals surface area contributed by atoms with Crippen molar-refractivity contribution >= 4 is 22.7 Å². The van der Waals surface area contributed by atoms with Gasteiger partial charge in [-0.2, -0.15) is 5.10 Å². The number of rotatable bonds is 6. The van der Waals surface area contributed by atoms with Gasteiger partial charge in [-0.1, -0.05) is 30.0 Å². The number of fused-ring (bicyclic) bond motifs is 1. The molecule has 0 atom stereocenters.